The molecule has 0 aliphatic carbocycles. The van der Waals surface area contributed by atoms with Crippen LogP contribution in [0.4, 0.5) is 4.79 Å². The van der Waals surface area contributed by atoms with Gasteiger partial charge in [0.05, 0.1) is 14.1 Å². The smallest absolute Gasteiger partial charge is 0.410 e. The van der Waals surface area contributed by atoms with Crippen LogP contribution in [0.15, 0.2) is 0 Å². The molecular formula is C16H31NO3Si. The molecule has 1 amide bonds. The van der Waals surface area contributed by atoms with Crippen LogP contribution in [-0.2, 0) is 9.53 Å². The van der Waals surface area contributed by atoms with Gasteiger partial charge in [-0.3, -0.25) is 4.90 Å². The quantitative estimate of drug-likeness (QED) is 0.570. The summed E-state index contributed by atoms with van der Waals surface area (Å²) in [4.78, 5) is 25.3. The molecule has 0 aromatic carbocycles. The first-order chi connectivity index (χ1) is 9.29. The van der Waals surface area contributed by atoms with E-state index in [4.69, 9.17) is 4.74 Å². The number of carbonyl (C=O) groups excluding carboxylic acids is 2. The number of rotatable bonds is 2. The van der Waals surface area contributed by atoms with Crippen molar-refractivity contribution in [1.29, 1.82) is 0 Å². The summed E-state index contributed by atoms with van der Waals surface area (Å²) >= 11 is 0. The van der Waals surface area contributed by atoms with E-state index in [0.29, 0.717) is 12.1 Å². The van der Waals surface area contributed by atoms with Gasteiger partial charge in [-0.25, -0.2) is 4.79 Å². The first-order valence-electron chi connectivity index (χ1n) is 7.74. The molecule has 1 fully saturated rings. The Hall–Kier alpha value is -0.843. The number of likely N-dealkylation sites (tertiary alicyclic amines) is 1. The van der Waals surface area contributed by atoms with Gasteiger partial charge in [-0.05, 0) is 37.8 Å². The lowest BCUT2D eigenvalue weighted by Crippen LogP contribution is -2.44. The fourth-order valence-corrected chi connectivity index (χ4v) is 5.37. The van der Waals surface area contributed by atoms with Crippen LogP contribution in [0.1, 0.15) is 48.0 Å². The molecule has 4 nitrogen and oxygen atoms in total. The van der Waals surface area contributed by atoms with E-state index in [2.05, 4.69) is 33.9 Å². The molecule has 1 rings (SSSR count). The highest BCUT2D eigenvalue weighted by molar-refractivity contribution is 6.81. The van der Waals surface area contributed by atoms with Crippen LogP contribution in [0, 0.1) is 0 Å². The summed E-state index contributed by atoms with van der Waals surface area (Å²) in [5, 5.41) is 0.245. The monoisotopic (exact) mass is 313 g/mol. The van der Waals surface area contributed by atoms with Crippen molar-refractivity contribution in [3.8, 4) is 0 Å². The summed E-state index contributed by atoms with van der Waals surface area (Å²) in [6.07, 6.45) is 1.32. The van der Waals surface area contributed by atoms with E-state index in [9.17, 15) is 9.59 Å². The van der Waals surface area contributed by atoms with Gasteiger partial charge in [-0.2, -0.15) is 0 Å². The van der Waals surface area contributed by atoms with E-state index in [0.717, 1.165) is 12.7 Å². The maximum atomic E-state index is 12.3. The second-order valence-corrected chi connectivity index (χ2v) is 14.5. The molecule has 0 aromatic rings. The van der Waals surface area contributed by atoms with Gasteiger partial charge in [-0.15, -0.1) is 0 Å². The van der Waals surface area contributed by atoms with Gasteiger partial charge in [0, 0.05) is 6.54 Å². The molecule has 1 saturated heterocycles. The number of ether oxygens (including phenoxy) is 1. The number of carbonyl (C=O) groups is 2. The van der Waals surface area contributed by atoms with E-state index >= 15 is 0 Å². The topological polar surface area (TPSA) is 46.6 Å². The Bertz CT molecular complexity index is 407. The zero-order chi connectivity index (χ0) is 16.6. The summed E-state index contributed by atoms with van der Waals surface area (Å²) in [5.74, 6) is 0. The summed E-state index contributed by atoms with van der Waals surface area (Å²) in [6.45, 7) is 17.7. The van der Waals surface area contributed by atoms with Crippen LogP contribution in [0.3, 0.4) is 0 Å². The third kappa shape index (κ3) is 4.08. The Morgan fingerprint density at radius 2 is 1.71 bits per heavy atom. The Kier molecular flexibility index (Phi) is 4.98. The van der Waals surface area contributed by atoms with Gasteiger partial charge in [0.2, 0.25) is 0 Å². The zero-order valence-corrected chi connectivity index (χ0v) is 15.8. The van der Waals surface area contributed by atoms with Crippen LogP contribution in [-0.4, -0.2) is 43.5 Å². The summed E-state index contributed by atoms with van der Waals surface area (Å²) in [7, 11) is -1.58. The van der Waals surface area contributed by atoms with Crippen LogP contribution < -0.4 is 0 Å². The van der Waals surface area contributed by atoms with Gasteiger partial charge in [0.25, 0.3) is 0 Å². The van der Waals surface area contributed by atoms with Crippen molar-refractivity contribution in [2.45, 2.75) is 83.3 Å². The predicted molar refractivity (Wildman–Crippen MR) is 88.4 cm³/mol. The van der Waals surface area contributed by atoms with Gasteiger partial charge in [0.1, 0.15) is 11.9 Å². The first-order valence-corrected chi connectivity index (χ1v) is 10.8. The van der Waals surface area contributed by atoms with Crippen LogP contribution in [0.2, 0.25) is 23.7 Å². The van der Waals surface area contributed by atoms with Crippen LogP contribution in [0.25, 0.3) is 0 Å². The average molecular weight is 314 g/mol. The Morgan fingerprint density at radius 1 is 1.19 bits per heavy atom. The molecule has 122 valence electrons. The highest BCUT2D eigenvalue weighted by Crippen LogP contribution is 2.48. The van der Waals surface area contributed by atoms with Gasteiger partial charge in [0.15, 0.2) is 0 Å². The number of hydrogen-bond acceptors (Lipinski definition) is 3. The highest BCUT2D eigenvalue weighted by Gasteiger charge is 2.49. The molecule has 21 heavy (non-hydrogen) atoms. The van der Waals surface area contributed by atoms with Gasteiger partial charge < -0.3 is 9.53 Å². The Morgan fingerprint density at radius 3 is 2.10 bits per heavy atom. The molecule has 1 aliphatic rings. The second kappa shape index (κ2) is 5.74. The van der Waals surface area contributed by atoms with Crippen LogP contribution >= 0.6 is 0 Å². The molecular weight excluding hydrogens is 282 g/mol. The number of hydrogen-bond donors (Lipinski definition) is 0. The number of aldehydes is 1. The van der Waals surface area contributed by atoms with Crippen molar-refractivity contribution >= 4 is 20.5 Å². The summed E-state index contributed by atoms with van der Waals surface area (Å²) in [5.41, 5.74) is -0.0974. The van der Waals surface area contributed by atoms with Gasteiger partial charge in [-0.1, -0.05) is 33.9 Å². The summed E-state index contributed by atoms with van der Waals surface area (Å²) in [6, 6.07) is -0.334. The largest absolute Gasteiger partial charge is 0.444 e. The molecule has 0 aromatic heterocycles. The Balaban J connectivity index is 2.91. The highest BCUT2D eigenvalue weighted by atomic mass is 28.3. The van der Waals surface area contributed by atoms with Crippen molar-refractivity contribution < 1.29 is 14.3 Å². The van der Waals surface area contributed by atoms with Crippen molar-refractivity contribution in [2.24, 2.45) is 0 Å². The SMILES string of the molecule is CC(C)(C)OC(=O)N1C[C@H]([Si](C)(C)C(C)(C)C)C[C@H]1C=O. The van der Waals surface area contributed by atoms with E-state index in [1.165, 1.54) is 0 Å². The fourth-order valence-electron chi connectivity index (χ4n) is 2.66. The van der Waals surface area contributed by atoms with Crippen molar-refractivity contribution in [1.82, 2.24) is 4.90 Å². The van der Waals surface area contributed by atoms with Gasteiger partial charge >= 0.3 is 6.09 Å². The predicted octanol–water partition coefficient (Wildman–Crippen LogP) is 4.07. The van der Waals surface area contributed by atoms with Crippen molar-refractivity contribution in [2.75, 3.05) is 6.54 Å². The molecule has 0 saturated carbocycles. The maximum Gasteiger partial charge on any atom is 0.410 e. The fraction of sp³-hybridized carbons (Fsp3) is 0.875. The van der Waals surface area contributed by atoms with Crippen LogP contribution in [0.5, 0.6) is 0 Å². The normalized spacial score (nSPS) is 24.1. The molecule has 0 radical (unpaired) electrons. The molecule has 1 heterocycles. The number of amides is 1. The third-order valence-electron chi connectivity index (χ3n) is 5.08. The standard InChI is InChI=1S/C16H31NO3Si/c1-15(2,3)20-14(19)17-10-13(9-12(17)11-18)21(7,8)16(4,5)6/h11-13H,9-10H2,1-8H3/t12-,13+/m0/s1. The average Bonchev–Trinajstić information content (AvgIpc) is 2.69. The minimum atomic E-state index is -1.58. The molecule has 1 aliphatic heterocycles. The lowest BCUT2D eigenvalue weighted by molar-refractivity contribution is -0.111. The van der Waals surface area contributed by atoms with E-state index < -0.39 is 13.7 Å². The van der Waals surface area contributed by atoms with E-state index in [1.54, 1.807) is 4.90 Å². The zero-order valence-electron chi connectivity index (χ0n) is 14.8. The van der Waals surface area contributed by atoms with E-state index in [1.807, 2.05) is 20.8 Å². The first kappa shape index (κ1) is 18.2. The van der Waals surface area contributed by atoms with Crippen molar-refractivity contribution in [3.05, 3.63) is 0 Å². The minimum absolute atomic E-state index is 0.245. The Labute approximate surface area is 130 Å². The van der Waals surface area contributed by atoms with E-state index in [-0.39, 0.29) is 17.2 Å². The number of nitrogens with zero attached hydrogens (tertiary/aromatic N) is 1. The molecule has 0 N–H and O–H groups in total. The lowest BCUT2D eigenvalue weighted by Gasteiger charge is -2.41. The molecule has 0 spiro atoms. The minimum Gasteiger partial charge on any atom is -0.444 e. The molecule has 2 atom stereocenters. The van der Waals surface area contributed by atoms with Crippen molar-refractivity contribution in [3.63, 3.8) is 0 Å². The third-order valence-corrected chi connectivity index (χ3v) is 11.4. The molecule has 5 heteroatoms. The lowest BCUT2D eigenvalue weighted by atomic mass is 10.2. The second-order valence-electron chi connectivity index (χ2n) is 8.74. The molecule has 0 unspecified atom stereocenters. The maximum absolute atomic E-state index is 12.3. The molecule has 0 bridgehead atoms. The summed E-state index contributed by atoms with van der Waals surface area (Å²) < 4.78 is 5.44.